The van der Waals surface area contributed by atoms with Gasteiger partial charge >= 0.3 is 10.8 Å². The van der Waals surface area contributed by atoms with Crippen molar-refractivity contribution in [1.29, 1.82) is 0 Å². The van der Waals surface area contributed by atoms with Crippen LogP contribution < -0.4 is 9.61 Å². The Morgan fingerprint density at radius 3 is 2.47 bits per heavy atom. The van der Waals surface area contributed by atoms with Crippen LogP contribution in [0.5, 0.6) is 5.75 Å². The Bertz CT molecular complexity index is 1700. The zero-order chi connectivity index (χ0) is 30.3. The maximum Gasteiger partial charge on any atom is 0.327 e. The number of carboxylic acid groups (broad SMARTS) is 1. The summed E-state index contributed by atoms with van der Waals surface area (Å²) in [5.41, 5.74) is 3.04. The van der Waals surface area contributed by atoms with E-state index >= 15 is 0 Å². The third-order valence-corrected chi connectivity index (χ3v) is 12.6. The topological polar surface area (TPSA) is 117 Å². The van der Waals surface area contributed by atoms with Crippen LogP contribution in [0, 0.1) is 42.4 Å². The van der Waals surface area contributed by atoms with Crippen molar-refractivity contribution in [2.75, 3.05) is 0 Å². The smallest absolute Gasteiger partial charge is 0.327 e. The highest BCUT2D eigenvalue weighted by atomic mass is 35.5. The van der Waals surface area contributed by atoms with Crippen molar-refractivity contribution in [3.8, 4) is 5.75 Å². The van der Waals surface area contributed by atoms with Crippen LogP contribution in [0.15, 0.2) is 52.3 Å². The average molecular weight is 639 g/mol. The molecule has 2 saturated carbocycles. The van der Waals surface area contributed by atoms with Gasteiger partial charge in [0.25, 0.3) is 0 Å². The number of rotatable bonds is 7. The monoisotopic (exact) mass is 638 g/mol. The summed E-state index contributed by atoms with van der Waals surface area (Å²) in [4.78, 5) is 57.4. The van der Waals surface area contributed by atoms with E-state index in [-0.39, 0.29) is 45.6 Å². The van der Waals surface area contributed by atoms with Crippen LogP contribution in [0.3, 0.4) is 0 Å². The van der Waals surface area contributed by atoms with Gasteiger partial charge < -0.3 is 14.8 Å². The van der Waals surface area contributed by atoms with Crippen molar-refractivity contribution in [2.24, 2.45) is 35.5 Å². The van der Waals surface area contributed by atoms with Crippen LogP contribution in [0.1, 0.15) is 47.8 Å². The van der Waals surface area contributed by atoms with Gasteiger partial charge in [0.2, 0.25) is 11.8 Å². The molecule has 4 aliphatic rings. The lowest BCUT2D eigenvalue weighted by Gasteiger charge is -2.43. The van der Waals surface area contributed by atoms with Gasteiger partial charge in [0.05, 0.1) is 16.9 Å². The molecule has 0 spiro atoms. The minimum atomic E-state index is -1.19. The van der Waals surface area contributed by atoms with Crippen molar-refractivity contribution >= 4 is 52.5 Å². The predicted molar refractivity (Wildman–Crippen MR) is 164 cm³/mol. The normalized spacial score (nSPS) is 29.5. The number of benzene rings is 2. The van der Waals surface area contributed by atoms with E-state index in [1.807, 2.05) is 43.3 Å². The summed E-state index contributed by atoms with van der Waals surface area (Å²) >= 11 is 9.34. The van der Waals surface area contributed by atoms with E-state index in [9.17, 15) is 24.3 Å². The number of fused-ring (bicyclic) bond motifs is 9. The highest BCUT2D eigenvalue weighted by Crippen LogP contribution is 2.69. The highest BCUT2D eigenvalue weighted by molar-refractivity contribution is 8.00. The van der Waals surface area contributed by atoms with Gasteiger partial charge in [-0.2, -0.15) is 0 Å². The molecule has 2 aliphatic heterocycles. The molecule has 2 bridgehead atoms. The molecule has 3 fully saturated rings. The molecule has 2 N–H and O–H groups in total. The standard InChI is InChI=1S/C32H31ClN2O6S2/c1-13(2)25(31(38)39)35-29(36)23-18-11-19(24(23)30(35)37)26-22(18)21(27-28(42-26)34-32(40)43-27)17-10-16(33)8-9-20(17)41-12-15-6-4-14(3)5-7-15/h4-10,13,18-19,21-26H,11-12H2,1-3H3,(H,34,40)(H,38,39)/t18?,19?,21-,22?,23?,24?,25?,26?/m1/s1. The van der Waals surface area contributed by atoms with Gasteiger partial charge in [-0.1, -0.05) is 66.6 Å². The van der Waals surface area contributed by atoms with Crippen LogP contribution in [-0.4, -0.2) is 44.1 Å². The summed E-state index contributed by atoms with van der Waals surface area (Å²) in [6, 6.07) is 12.5. The molecule has 8 nitrogen and oxygen atoms in total. The lowest BCUT2D eigenvalue weighted by atomic mass is 9.68. The number of nitrogens with one attached hydrogen (secondary N) is 1. The number of halogens is 1. The number of nitrogens with zero attached hydrogens (tertiary/aromatic N) is 1. The first kappa shape index (κ1) is 28.7. The SMILES string of the molecule is Cc1ccc(COc2ccc(Cl)cc2[C@H]2c3sc(=O)[nH]c3SC3C4CC(C5C(=O)N(C(C(=O)O)C(C)C)C(=O)C45)C32)cc1. The Morgan fingerprint density at radius 1 is 1.09 bits per heavy atom. The van der Waals surface area contributed by atoms with Crippen molar-refractivity contribution in [1.82, 2.24) is 9.88 Å². The molecule has 3 aromatic rings. The van der Waals surface area contributed by atoms with Crippen LogP contribution >= 0.6 is 34.7 Å². The van der Waals surface area contributed by atoms with E-state index in [1.165, 1.54) is 11.3 Å². The van der Waals surface area contributed by atoms with Crippen LogP contribution in [0.4, 0.5) is 0 Å². The number of likely N-dealkylation sites (tertiary alicyclic amines) is 1. The summed E-state index contributed by atoms with van der Waals surface area (Å²) in [7, 11) is 0. The first-order valence-electron chi connectivity index (χ1n) is 14.5. The Kier molecular flexibility index (Phi) is 7.02. The lowest BCUT2D eigenvalue weighted by Crippen LogP contribution is -2.49. The molecule has 2 aliphatic carbocycles. The molecule has 224 valence electrons. The summed E-state index contributed by atoms with van der Waals surface area (Å²) in [5, 5.41) is 11.3. The summed E-state index contributed by atoms with van der Waals surface area (Å²) in [6.45, 7) is 5.83. The average Bonchev–Trinajstić information content (AvgIpc) is 3.69. The van der Waals surface area contributed by atoms with Gasteiger partial charge in [-0.05, 0) is 60.8 Å². The number of aromatic amines is 1. The minimum absolute atomic E-state index is 0.0306. The number of aliphatic carboxylic acids is 1. The van der Waals surface area contributed by atoms with Gasteiger partial charge in [0.15, 0.2) is 0 Å². The van der Waals surface area contributed by atoms with Gasteiger partial charge in [-0.3, -0.25) is 19.3 Å². The first-order chi connectivity index (χ1) is 20.5. The zero-order valence-electron chi connectivity index (χ0n) is 23.8. The maximum atomic E-state index is 13.9. The van der Waals surface area contributed by atoms with E-state index in [2.05, 4.69) is 4.98 Å². The Morgan fingerprint density at radius 2 is 1.79 bits per heavy atom. The number of carboxylic acids is 1. The molecule has 7 unspecified atom stereocenters. The minimum Gasteiger partial charge on any atom is -0.489 e. The molecule has 2 aromatic carbocycles. The number of thiazole rings is 1. The van der Waals surface area contributed by atoms with Crippen LogP contribution in [-0.2, 0) is 21.0 Å². The third-order valence-electron chi connectivity index (χ3n) is 9.74. The summed E-state index contributed by atoms with van der Waals surface area (Å²) < 4.78 is 6.40. The first-order valence-corrected chi connectivity index (χ1v) is 16.6. The van der Waals surface area contributed by atoms with E-state index in [0.717, 1.165) is 31.5 Å². The molecule has 43 heavy (non-hydrogen) atoms. The number of ether oxygens (including phenoxy) is 1. The summed E-state index contributed by atoms with van der Waals surface area (Å²) in [6.07, 6.45) is 0.707. The van der Waals surface area contributed by atoms with Crippen molar-refractivity contribution in [2.45, 2.75) is 56.0 Å². The molecule has 11 heteroatoms. The second-order valence-corrected chi connectivity index (χ2v) is 15.1. The number of thioether (sulfide) groups is 1. The van der Waals surface area contributed by atoms with Crippen LogP contribution in [0.2, 0.25) is 5.02 Å². The molecule has 0 radical (unpaired) electrons. The van der Waals surface area contributed by atoms with Crippen molar-refractivity contribution in [3.63, 3.8) is 0 Å². The maximum absolute atomic E-state index is 13.9. The number of carbonyl (C=O) groups excluding carboxylic acids is 2. The lowest BCUT2D eigenvalue weighted by molar-refractivity contribution is -0.157. The molecule has 1 aromatic heterocycles. The van der Waals surface area contributed by atoms with Crippen LogP contribution in [0.25, 0.3) is 0 Å². The number of hydrogen-bond acceptors (Lipinski definition) is 7. The third kappa shape index (κ3) is 4.47. The number of hydrogen-bond donors (Lipinski definition) is 2. The number of H-pyrrole nitrogens is 1. The predicted octanol–water partition coefficient (Wildman–Crippen LogP) is 5.56. The van der Waals surface area contributed by atoms with Crippen molar-refractivity contribution in [3.05, 3.63) is 78.7 Å². The Labute approximate surface area is 261 Å². The Hall–Kier alpha value is -3.08. The number of aryl methyl sites for hydroxylation is 1. The molecule has 3 heterocycles. The second kappa shape index (κ2) is 10.5. The fourth-order valence-corrected chi connectivity index (χ4v) is 11.2. The number of aromatic nitrogens is 1. The number of amides is 2. The number of imide groups is 1. The highest BCUT2D eigenvalue weighted by Gasteiger charge is 2.70. The van der Waals surface area contributed by atoms with Gasteiger partial charge in [0, 0.05) is 26.6 Å². The van der Waals surface area contributed by atoms with Gasteiger partial charge in [-0.15, -0.1) is 11.8 Å². The number of carbonyl (C=O) groups is 3. The molecule has 7 rings (SSSR count). The quantitative estimate of drug-likeness (QED) is 0.326. The van der Waals surface area contributed by atoms with Gasteiger partial charge in [0.1, 0.15) is 18.4 Å². The van der Waals surface area contributed by atoms with E-state index in [4.69, 9.17) is 16.3 Å². The van der Waals surface area contributed by atoms with Gasteiger partial charge in [-0.25, -0.2) is 4.79 Å². The Balaban J connectivity index is 1.29. The molecule has 8 atom stereocenters. The molecular formula is C32H31ClN2O6S2. The second-order valence-electron chi connectivity index (χ2n) is 12.5. The molecular weight excluding hydrogens is 608 g/mol. The molecule has 2 amide bonds. The molecule has 1 saturated heterocycles. The van der Waals surface area contributed by atoms with E-state index < -0.39 is 29.8 Å². The fourth-order valence-electron chi connectivity index (χ4n) is 8.10. The fraction of sp³-hybridized carbons (Fsp3) is 0.438. The van der Waals surface area contributed by atoms with E-state index in [0.29, 0.717) is 23.8 Å². The largest absolute Gasteiger partial charge is 0.489 e. The van der Waals surface area contributed by atoms with Crippen molar-refractivity contribution < 1.29 is 24.2 Å². The summed E-state index contributed by atoms with van der Waals surface area (Å²) in [5.74, 6) is -3.36. The van der Waals surface area contributed by atoms with E-state index in [1.54, 1.807) is 31.7 Å². The zero-order valence-corrected chi connectivity index (χ0v) is 26.2.